The Labute approximate surface area is 85.5 Å². The Morgan fingerprint density at radius 3 is 2.73 bits per heavy atom. The van der Waals surface area contributed by atoms with Crippen LogP contribution in [0.3, 0.4) is 0 Å². The minimum atomic E-state index is -0.152. The average Bonchev–Trinajstić information content (AvgIpc) is 2.75. The Morgan fingerprint density at radius 2 is 2.00 bits per heavy atom. The molecule has 3 aromatic rings. The van der Waals surface area contributed by atoms with Gasteiger partial charge >= 0.3 is 5.69 Å². The van der Waals surface area contributed by atoms with Gasteiger partial charge in [-0.3, -0.25) is 0 Å². The Balaban J connectivity index is 2.48. The second-order valence-corrected chi connectivity index (χ2v) is 3.64. The van der Waals surface area contributed by atoms with Crippen LogP contribution in [0, 0.1) is 0 Å². The van der Waals surface area contributed by atoms with Crippen LogP contribution in [0.15, 0.2) is 29.2 Å². The zero-order chi connectivity index (χ0) is 10.4. The average molecular weight is 201 g/mol. The fourth-order valence-electron chi connectivity index (χ4n) is 2.00. The van der Waals surface area contributed by atoms with Gasteiger partial charge in [0.25, 0.3) is 0 Å². The maximum atomic E-state index is 11.1. The molecule has 0 spiro atoms. The van der Waals surface area contributed by atoms with Crippen LogP contribution < -0.4 is 5.69 Å². The van der Waals surface area contributed by atoms with E-state index in [0.717, 1.165) is 28.5 Å². The molecule has 15 heavy (non-hydrogen) atoms. The van der Waals surface area contributed by atoms with Gasteiger partial charge in [-0.1, -0.05) is 0 Å². The van der Waals surface area contributed by atoms with Crippen LogP contribution >= 0.6 is 0 Å². The van der Waals surface area contributed by atoms with Crippen molar-refractivity contribution in [3.8, 4) is 0 Å². The molecule has 0 fully saturated rings. The molecule has 0 aliphatic heterocycles. The van der Waals surface area contributed by atoms with Gasteiger partial charge in [-0.25, -0.2) is 4.79 Å². The van der Waals surface area contributed by atoms with Crippen molar-refractivity contribution in [1.29, 1.82) is 0 Å². The number of hydrogen-bond donors (Lipinski definition) is 2. The number of benzene rings is 1. The van der Waals surface area contributed by atoms with E-state index < -0.39 is 0 Å². The molecular formula is C11H11N3O. The number of rotatable bonds is 1. The number of nitrogens with one attached hydrogen (secondary N) is 2. The van der Waals surface area contributed by atoms with Gasteiger partial charge in [0.05, 0.1) is 16.6 Å². The number of aromatic amines is 2. The fraction of sp³-hybridized carbons (Fsp3) is 0.182. The molecule has 0 amide bonds. The number of hydrogen-bond acceptors (Lipinski definition) is 1. The first-order valence-corrected chi connectivity index (χ1v) is 4.99. The summed E-state index contributed by atoms with van der Waals surface area (Å²) in [7, 11) is 0. The summed E-state index contributed by atoms with van der Waals surface area (Å²) in [6.07, 6.45) is 2.06. The first kappa shape index (κ1) is 8.35. The molecule has 0 aliphatic rings. The normalized spacial score (nSPS) is 11.5. The van der Waals surface area contributed by atoms with Crippen molar-refractivity contribution in [3.63, 3.8) is 0 Å². The van der Waals surface area contributed by atoms with E-state index in [-0.39, 0.29) is 5.69 Å². The third-order valence-corrected chi connectivity index (χ3v) is 2.75. The third-order valence-electron chi connectivity index (χ3n) is 2.75. The molecular weight excluding hydrogens is 190 g/mol. The second kappa shape index (κ2) is 2.76. The van der Waals surface area contributed by atoms with Crippen molar-refractivity contribution in [2.45, 2.75) is 13.5 Å². The van der Waals surface area contributed by atoms with Crippen LogP contribution in [-0.2, 0) is 6.54 Å². The molecule has 2 heterocycles. The molecule has 0 unspecified atom stereocenters. The highest BCUT2D eigenvalue weighted by molar-refractivity contribution is 5.93. The molecule has 2 aromatic heterocycles. The van der Waals surface area contributed by atoms with Gasteiger partial charge in [-0.05, 0) is 25.1 Å². The smallest absolute Gasteiger partial charge is 0.323 e. The number of fused-ring (bicyclic) bond motifs is 2. The lowest BCUT2D eigenvalue weighted by Gasteiger charge is -1.99. The van der Waals surface area contributed by atoms with Crippen LogP contribution in [0.1, 0.15) is 6.92 Å². The zero-order valence-corrected chi connectivity index (χ0v) is 8.37. The molecule has 0 saturated heterocycles. The van der Waals surface area contributed by atoms with Gasteiger partial charge in [-0.15, -0.1) is 0 Å². The topological polar surface area (TPSA) is 53.6 Å². The predicted molar refractivity (Wildman–Crippen MR) is 60.1 cm³/mol. The van der Waals surface area contributed by atoms with Crippen molar-refractivity contribution in [3.05, 3.63) is 34.9 Å². The van der Waals surface area contributed by atoms with Gasteiger partial charge in [0.1, 0.15) is 0 Å². The molecule has 0 radical (unpaired) electrons. The van der Waals surface area contributed by atoms with Crippen molar-refractivity contribution >= 4 is 21.9 Å². The molecule has 4 nitrogen and oxygen atoms in total. The van der Waals surface area contributed by atoms with Crippen molar-refractivity contribution in [2.24, 2.45) is 0 Å². The van der Waals surface area contributed by atoms with E-state index in [9.17, 15) is 4.79 Å². The van der Waals surface area contributed by atoms with E-state index in [0.29, 0.717) is 0 Å². The van der Waals surface area contributed by atoms with Crippen LogP contribution in [-0.4, -0.2) is 14.5 Å². The Kier molecular flexibility index (Phi) is 1.54. The number of imidazole rings is 1. The Hall–Kier alpha value is -1.97. The third kappa shape index (κ3) is 1.11. The van der Waals surface area contributed by atoms with E-state index >= 15 is 0 Å². The van der Waals surface area contributed by atoms with E-state index in [1.54, 1.807) is 0 Å². The predicted octanol–water partition coefficient (Wildman–Crippen LogP) is 1.83. The summed E-state index contributed by atoms with van der Waals surface area (Å²) in [4.78, 5) is 16.7. The minimum absolute atomic E-state index is 0.152. The summed E-state index contributed by atoms with van der Waals surface area (Å²) in [6, 6.07) is 6.06. The zero-order valence-electron chi connectivity index (χ0n) is 8.37. The minimum Gasteiger partial charge on any atom is -0.348 e. The van der Waals surface area contributed by atoms with Gasteiger partial charge in [0.2, 0.25) is 0 Å². The molecule has 0 saturated carbocycles. The maximum absolute atomic E-state index is 11.1. The van der Waals surface area contributed by atoms with Gasteiger partial charge in [0.15, 0.2) is 0 Å². The Bertz CT molecular complexity index is 687. The van der Waals surface area contributed by atoms with Crippen molar-refractivity contribution in [1.82, 2.24) is 14.5 Å². The number of nitrogens with zero attached hydrogens (tertiary/aromatic N) is 1. The van der Waals surface area contributed by atoms with Gasteiger partial charge in [0, 0.05) is 18.1 Å². The molecule has 1 aromatic carbocycles. The maximum Gasteiger partial charge on any atom is 0.323 e. The van der Waals surface area contributed by atoms with Crippen LogP contribution in [0.4, 0.5) is 0 Å². The van der Waals surface area contributed by atoms with Gasteiger partial charge in [-0.2, -0.15) is 0 Å². The SMILES string of the molecule is CCn1ccc2cc3[nH]c(=O)[nH]c3cc21. The van der Waals surface area contributed by atoms with E-state index in [1.165, 1.54) is 0 Å². The Morgan fingerprint density at radius 1 is 1.27 bits per heavy atom. The molecule has 0 bridgehead atoms. The lowest BCUT2D eigenvalue weighted by atomic mass is 10.2. The van der Waals surface area contributed by atoms with Crippen LogP contribution in [0.5, 0.6) is 0 Å². The largest absolute Gasteiger partial charge is 0.348 e. The molecule has 4 heteroatoms. The first-order chi connectivity index (χ1) is 7.28. The number of aryl methyl sites for hydroxylation is 1. The van der Waals surface area contributed by atoms with Crippen LogP contribution in [0.25, 0.3) is 21.9 Å². The quantitative estimate of drug-likeness (QED) is 0.620. The van der Waals surface area contributed by atoms with E-state index in [2.05, 4.69) is 33.7 Å². The summed E-state index contributed by atoms with van der Waals surface area (Å²) in [5.74, 6) is 0. The summed E-state index contributed by atoms with van der Waals surface area (Å²) in [5.41, 5.74) is 2.73. The van der Waals surface area contributed by atoms with E-state index in [4.69, 9.17) is 0 Å². The fourth-order valence-corrected chi connectivity index (χ4v) is 2.00. The van der Waals surface area contributed by atoms with E-state index in [1.807, 2.05) is 12.1 Å². The molecule has 2 N–H and O–H groups in total. The second-order valence-electron chi connectivity index (χ2n) is 3.64. The molecule has 0 aliphatic carbocycles. The summed E-state index contributed by atoms with van der Waals surface area (Å²) >= 11 is 0. The van der Waals surface area contributed by atoms with Crippen molar-refractivity contribution < 1.29 is 0 Å². The van der Waals surface area contributed by atoms with Gasteiger partial charge < -0.3 is 14.5 Å². The summed E-state index contributed by atoms with van der Waals surface area (Å²) in [6.45, 7) is 3.03. The lowest BCUT2D eigenvalue weighted by molar-refractivity contribution is 0.798. The summed E-state index contributed by atoms with van der Waals surface area (Å²) in [5, 5.41) is 1.15. The highest BCUT2D eigenvalue weighted by Gasteiger charge is 2.03. The highest BCUT2D eigenvalue weighted by Crippen LogP contribution is 2.20. The monoisotopic (exact) mass is 201 g/mol. The molecule has 3 rings (SSSR count). The van der Waals surface area contributed by atoms with Crippen molar-refractivity contribution in [2.75, 3.05) is 0 Å². The highest BCUT2D eigenvalue weighted by atomic mass is 16.1. The first-order valence-electron chi connectivity index (χ1n) is 4.99. The lowest BCUT2D eigenvalue weighted by Crippen LogP contribution is -1.99. The molecule has 0 atom stereocenters. The molecule has 76 valence electrons. The summed E-state index contributed by atoms with van der Waals surface area (Å²) < 4.78 is 2.15. The number of H-pyrrole nitrogens is 2. The van der Waals surface area contributed by atoms with Crippen LogP contribution in [0.2, 0.25) is 0 Å². The standard InChI is InChI=1S/C11H11N3O/c1-2-14-4-3-7-5-8-9(6-10(7)14)13-11(15)12-8/h3-6H,2H2,1H3,(H2,12,13,15). The number of aromatic nitrogens is 3.